The molecule has 0 nitrogen and oxygen atoms in total. The molecule has 0 saturated carbocycles. The molecule has 0 spiro atoms. The zero-order chi connectivity index (χ0) is 12.6. The Kier molecular flexibility index (Phi) is 4.23. The van der Waals surface area contributed by atoms with Crippen LogP contribution in [-0.4, -0.2) is 0 Å². The van der Waals surface area contributed by atoms with Crippen LogP contribution in [0.4, 0.5) is 8.78 Å². The Bertz CT molecular complexity index is 556. The van der Waals surface area contributed by atoms with Gasteiger partial charge in [-0.25, -0.2) is 8.78 Å². The first-order chi connectivity index (χ1) is 8.00. The highest BCUT2D eigenvalue weighted by molar-refractivity contribution is 9.10. The van der Waals surface area contributed by atoms with E-state index in [2.05, 4.69) is 31.9 Å². The Balaban J connectivity index is 2.48. The summed E-state index contributed by atoms with van der Waals surface area (Å²) in [7, 11) is 0. The van der Waals surface area contributed by atoms with Crippen LogP contribution >= 0.6 is 54.8 Å². The van der Waals surface area contributed by atoms with Crippen molar-refractivity contribution in [3.8, 4) is 0 Å². The Morgan fingerprint density at radius 1 is 1.12 bits per heavy atom. The van der Waals surface area contributed by atoms with Crippen molar-refractivity contribution in [3.05, 3.63) is 54.6 Å². The standard InChI is InChI=1S/C11H5Br2ClF2S/c12-6-1-2-17-11(6)10(14)5-3-9(16)7(13)4-8(5)15/h1-4,10H. The van der Waals surface area contributed by atoms with Crippen molar-refractivity contribution in [2.45, 2.75) is 5.38 Å². The molecule has 1 aromatic heterocycles. The fourth-order valence-corrected chi connectivity index (χ4v) is 3.84. The molecule has 2 rings (SSSR count). The van der Waals surface area contributed by atoms with Gasteiger partial charge in [0.25, 0.3) is 0 Å². The fourth-order valence-electron chi connectivity index (χ4n) is 1.36. The molecule has 1 aromatic carbocycles. The lowest BCUT2D eigenvalue weighted by Gasteiger charge is -2.11. The van der Waals surface area contributed by atoms with Crippen molar-refractivity contribution in [1.82, 2.24) is 0 Å². The number of hydrogen-bond acceptors (Lipinski definition) is 1. The van der Waals surface area contributed by atoms with E-state index in [0.29, 0.717) is 0 Å². The van der Waals surface area contributed by atoms with Crippen LogP contribution in [0.5, 0.6) is 0 Å². The highest BCUT2D eigenvalue weighted by atomic mass is 79.9. The first-order valence-corrected chi connectivity index (χ1v) is 7.42. The van der Waals surface area contributed by atoms with E-state index in [1.54, 1.807) is 0 Å². The largest absolute Gasteiger partial charge is 0.207 e. The minimum absolute atomic E-state index is 0.0906. The van der Waals surface area contributed by atoms with Gasteiger partial charge in [-0.15, -0.1) is 22.9 Å². The van der Waals surface area contributed by atoms with Crippen LogP contribution in [-0.2, 0) is 0 Å². The maximum Gasteiger partial charge on any atom is 0.137 e. The first kappa shape index (κ1) is 13.5. The van der Waals surface area contributed by atoms with E-state index in [4.69, 9.17) is 11.6 Å². The third-order valence-corrected chi connectivity index (χ3v) is 5.31. The molecule has 90 valence electrons. The van der Waals surface area contributed by atoms with Crippen LogP contribution in [0.15, 0.2) is 32.5 Å². The molecule has 1 heterocycles. The molecule has 0 aliphatic heterocycles. The van der Waals surface area contributed by atoms with Crippen LogP contribution in [0.3, 0.4) is 0 Å². The molecule has 6 heteroatoms. The monoisotopic (exact) mass is 400 g/mol. The molecule has 1 atom stereocenters. The van der Waals surface area contributed by atoms with Gasteiger partial charge in [-0.05, 0) is 55.4 Å². The Morgan fingerprint density at radius 2 is 1.82 bits per heavy atom. The summed E-state index contributed by atoms with van der Waals surface area (Å²) in [5.41, 5.74) is 0.135. The number of thiophene rings is 1. The summed E-state index contributed by atoms with van der Waals surface area (Å²) in [6, 6.07) is 4.02. The van der Waals surface area contributed by atoms with E-state index in [1.807, 2.05) is 11.4 Å². The van der Waals surface area contributed by atoms with Crippen LogP contribution in [0.25, 0.3) is 0 Å². The molecule has 17 heavy (non-hydrogen) atoms. The number of rotatable bonds is 2. The average Bonchev–Trinajstić information content (AvgIpc) is 2.69. The molecule has 0 fully saturated rings. The van der Waals surface area contributed by atoms with Gasteiger partial charge in [-0.3, -0.25) is 0 Å². The topological polar surface area (TPSA) is 0 Å². The third kappa shape index (κ3) is 2.72. The van der Waals surface area contributed by atoms with Crippen molar-refractivity contribution in [1.29, 1.82) is 0 Å². The number of hydrogen-bond donors (Lipinski definition) is 0. The molecule has 0 bridgehead atoms. The van der Waals surface area contributed by atoms with Gasteiger partial charge in [0.15, 0.2) is 0 Å². The highest BCUT2D eigenvalue weighted by Gasteiger charge is 2.20. The normalized spacial score (nSPS) is 12.8. The van der Waals surface area contributed by atoms with Crippen LogP contribution in [0.2, 0.25) is 0 Å². The van der Waals surface area contributed by atoms with Crippen molar-refractivity contribution in [3.63, 3.8) is 0 Å². The lowest BCUT2D eigenvalue weighted by molar-refractivity contribution is 0.582. The van der Waals surface area contributed by atoms with E-state index >= 15 is 0 Å². The van der Waals surface area contributed by atoms with Gasteiger partial charge in [0.05, 0.1) is 9.85 Å². The third-order valence-electron chi connectivity index (χ3n) is 2.19. The van der Waals surface area contributed by atoms with Crippen molar-refractivity contribution >= 4 is 54.8 Å². The summed E-state index contributed by atoms with van der Waals surface area (Å²) < 4.78 is 28.0. The molecule has 2 aromatic rings. The van der Waals surface area contributed by atoms with Crippen molar-refractivity contribution in [2.75, 3.05) is 0 Å². The van der Waals surface area contributed by atoms with Gasteiger partial charge in [0.1, 0.15) is 11.6 Å². The second-order valence-corrected chi connectivity index (χ2v) is 6.38. The Morgan fingerprint density at radius 3 is 2.41 bits per heavy atom. The molecule has 0 amide bonds. The van der Waals surface area contributed by atoms with Gasteiger partial charge in [0, 0.05) is 14.9 Å². The maximum absolute atomic E-state index is 13.7. The Hall–Kier alpha value is 0.0300. The summed E-state index contributed by atoms with van der Waals surface area (Å²) in [6.07, 6.45) is 0. The van der Waals surface area contributed by atoms with E-state index in [9.17, 15) is 8.78 Å². The van der Waals surface area contributed by atoms with Crippen LogP contribution < -0.4 is 0 Å². The van der Waals surface area contributed by atoms with E-state index < -0.39 is 17.0 Å². The fraction of sp³-hybridized carbons (Fsp3) is 0.0909. The minimum Gasteiger partial charge on any atom is -0.207 e. The molecular formula is C11H5Br2ClF2S. The summed E-state index contributed by atoms with van der Waals surface area (Å²) >= 11 is 13.8. The minimum atomic E-state index is -0.702. The van der Waals surface area contributed by atoms with Crippen molar-refractivity contribution in [2.24, 2.45) is 0 Å². The smallest absolute Gasteiger partial charge is 0.137 e. The van der Waals surface area contributed by atoms with Gasteiger partial charge < -0.3 is 0 Å². The van der Waals surface area contributed by atoms with Crippen LogP contribution in [0.1, 0.15) is 15.8 Å². The molecule has 0 N–H and O–H groups in total. The number of alkyl halides is 1. The van der Waals surface area contributed by atoms with Crippen LogP contribution in [0, 0.1) is 11.6 Å². The zero-order valence-corrected chi connectivity index (χ0v) is 12.9. The molecule has 0 saturated heterocycles. The van der Waals surface area contributed by atoms with Gasteiger partial charge in [-0.1, -0.05) is 0 Å². The van der Waals surface area contributed by atoms with Gasteiger partial charge in [0.2, 0.25) is 0 Å². The van der Waals surface area contributed by atoms with E-state index in [0.717, 1.165) is 21.5 Å². The van der Waals surface area contributed by atoms with E-state index in [-0.39, 0.29) is 10.0 Å². The lowest BCUT2D eigenvalue weighted by atomic mass is 10.1. The first-order valence-electron chi connectivity index (χ1n) is 4.52. The Labute approximate surface area is 123 Å². The second kappa shape index (κ2) is 5.34. The van der Waals surface area contributed by atoms with Gasteiger partial charge in [-0.2, -0.15) is 0 Å². The quantitative estimate of drug-likeness (QED) is 0.435. The zero-order valence-electron chi connectivity index (χ0n) is 8.18. The SMILES string of the molecule is Fc1cc(C(Cl)c2sccc2Br)c(F)cc1Br. The number of halogens is 5. The van der Waals surface area contributed by atoms with E-state index in [1.165, 1.54) is 11.3 Å². The summed E-state index contributed by atoms with van der Waals surface area (Å²) in [4.78, 5) is 0.757. The molecule has 0 aliphatic carbocycles. The highest BCUT2D eigenvalue weighted by Crippen LogP contribution is 2.39. The summed E-state index contributed by atoms with van der Waals surface area (Å²) in [6.45, 7) is 0. The van der Waals surface area contributed by atoms with Gasteiger partial charge >= 0.3 is 0 Å². The number of benzene rings is 1. The van der Waals surface area contributed by atoms with Crippen molar-refractivity contribution < 1.29 is 8.78 Å². The predicted octanol–water partition coefficient (Wildman–Crippen LogP) is 5.88. The predicted molar refractivity (Wildman–Crippen MR) is 73.8 cm³/mol. The maximum atomic E-state index is 13.7. The molecular weight excluding hydrogens is 397 g/mol. The summed E-state index contributed by atoms with van der Waals surface area (Å²) in [5, 5.41) is 1.13. The molecule has 0 aliphatic rings. The summed E-state index contributed by atoms with van der Waals surface area (Å²) in [5.74, 6) is -1.06. The molecule has 0 radical (unpaired) electrons. The second-order valence-electron chi connectivity index (χ2n) is 3.28. The lowest BCUT2D eigenvalue weighted by Crippen LogP contribution is -1.97. The molecule has 1 unspecified atom stereocenters. The average molecular weight is 402 g/mol.